The van der Waals surface area contributed by atoms with Crippen molar-refractivity contribution in [1.82, 2.24) is 14.7 Å². The Labute approximate surface area is 179 Å². The van der Waals surface area contributed by atoms with Crippen molar-refractivity contribution >= 4 is 17.5 Å². The number of nitrogens with zero attached hydrogens (tertiary/aromatic N) is 4. The molecule has 0 N–H and O–H groups in total. The zero-order valence-electron chi connectivity index (χ0n) is 18.2. The second-order valence-corrected chi connectivity index (χ2v) is 9.44. The third-order valence-electron chi connectivity index (χ3n) is 7.73. The van der Waals surface area contributed by atoms with E-state index in [4.69, 9.17) is 0 Å². The number of carbonyl (C=O) groups excluding carboxylic acids is 2. The summed E-state index contributed by atoms with van der Waals surface area (Å²) in [7, 11) is 2.06. The number of fused-ring (bicyclic) bond motifs is 2. The molecule has 162 valence electrons. The molecule has 6 nitrogen and oxygen atoms in total. The molecule has 2 saturated heterocycles. The average Bonchev–Trinajstić information content (AvgIpc) is 2.82. The van der Waals surface area contributed by atoms with E-state index in [9.17, 15) is 9.59 Å². The Kier molecular flexibility index (Phi) is 5.44. The molecule has 0 bridgehead atoms. The highest BCUT2D eigenvalue weighted by Crippen LogP contribution is 2.35. The summed E-state index contributed by atoms with van der Waals surface area (Å²) in [5.41, 5.74) is 2.35. The van der Waals surface area contributed by atoms with Crippen molar-refractivity contribution in [3.63, 3.8) is 0 Å². The van der Waals surface area contributed by atoms with Gasteiger partial charge in [0.15, 0.2) is 0 Å². The van der Waals surface area contributed by atoms with Crippen LogP contribution in [0.5, 0.6) is 0 Å². The Morgan fingerprint density at radius 3 is 2.40 bits per heavy atom. The van der Waals surface area contributed by atoms with E-state index in [2.05, 4.69) is 16.8 Å². The molecule has 2 amide bonds. The van der Waals surface area contributed by atoms with Crippen molar-refractivity contribution in [2.45, 2.75) is 63.6 Å². The van der Waals surface area contributed by atoms with Gasteiger partial charge in [-0.05, 0) is 50.3 Å². The van der Waals surface area contributed by atoms with E-state index in [0.29, 0.717) is 5.56 Å². The second kappa shape index (κ2) is 8.22. The van der Waals surface area contributed by atoms with E-state index in [1.54, 1.807) is 0 Å². The molecular weight excluding hydrogens is 376 g/mol. The van der Waals surface area contributed by atoms with Gasteiger partial charge >= 0.3 is 0 Å². The SMILES string of the molecule is CN1c2cc(C(=O)N3CCN(C4CCCCC4)CC3)ccc2C(=O)N2CCCC[C@@H]21. The molecule has 5 rings (SSSR count). The predicted molar refractivity (Wildman–Crippen MR) is 118 cm³/mol. The molecule has 1 saturated carbocycles. The molecule has 1 aliphatic carbocycles. The Balaban J connectivity index is 1.29. The minimum absolute atomic E-state index is 0.105. The van der Waals surface area contributed by atoms with Crippen LogP contribution in [0.3, 0.4) is 0 Å². The maximum atomic E-state index is 13.2. The molecule has 0 spiro atoms. The van der Waals surface area contributed by atoms with E-state index in [1.165, 1.54) is 32.1 Å². The molecular formula is C24H34N4O2. The van der Waals surface area contributed by atoms with Gasteiger partial charge < -0.3 is 14.7 Å². The molecule has 0 radical (unpaired) electrons. The van der Waals surface area contributed by atoms with Crippen LogP contribution in [0.1, 0.15) is 72.1 Å². The van der Waals surface area contributed by atoms with Crippen molar-refractivity contribution in [1.29, 1.82) is 0 Å². The van der Waals surface area contributed by atoms with E-state index < -0.39 is 0 Å². The zero-order valence-corrected chi connectivity index (χ0v) is 18.2. The highest BCUT2D eigenvalue weighted by molar-refractivity contribution is 6.04. The minimum Gasteiger partial charge on any atom is -0.354 e. The number of rotatable bonds is 2. The quantitative estimate of drug-likeness (QED) is 0.751. The molecule has 0 unspecified atom stereocenters. The number of hydrogen-bond donors (Lipinski definition) is 0. The topological polar surface area (TPSA) is 47.1 Å². The summed E-state index contributed by atoms with van der Waals surface area (Å²) in [5, 5.41) is 0. The molecule has 6 heteroatoms. The lowest BCUT2D eigenvalue weighted by Crippen LogP contribution is -2.56. The third-order valence-corrected chi connectivity index (χ3v) is 7.73. The number of amides is 2. The molecule has 3 aliphatic heterocycles. The van der Waals surface area contributed by atoms with Crippen molar-refractivity contribution in [2.24, 2.45) is 0 Å². The van der Waals surface area contributed by atoms with Gasteiger partial charge in [0.25, 0.3) is 11.8 Å². The number of piperazine rings is 1. The van der Waals surface area contributed by atoms with Gasteiger partial charge in [0, 0.05) is 51.4 Å². The lowest BCUT2D eigenvalue weighted by molar-refractivity contribution is 0.0521. The summed E-state index contributed by atoms with van der Waals surface area (Å²) in [5.74, 6) is 0.223. The number of carbonyl (C=O) groups is 2. The molecule has 4 aliphatic rings. The van der Waals surface area contributed by atoms with Gasteiger partial charge in [-0.3, -0.25) is 14.5 Å². The first-order chi connectivity index (χ1) is 14.6. The first-order valence-electron chi connectivity index (χ1n) is 11.8. The normalized spacial score (nSPS) is 25.8. The maximum Gasteiger partial charge on any atom is 0.257 e. The van der Waals surface area contributed by atoms with Crippen molar-refractivity contribution in [2.75, 3.05) is 44.7 Å². The van der Waals surface area contributed by atoms with Crippen LogP contribution in [-0.2, 0) is 0 Å². The number of piperidine rings is 1. The van der Waals surface area contributed by atoms with Crippen LogP contribution in [0, 0.1) is 0 Å². The van der Waals surface area contributed by atoms with Crippen LogP contribution in [0.4, 0.5) is 5.69 Å². The summed E-state index contributed by atoms with van der Waals surface area (Å²) in [6.45, 7) is 4.40. The van der Waals surface area contributed by atoms with E-state index in [0.717, 1.165) is 69.3 Å². The minimum atomic E-state index is 0.105. The smallest absolute Gasteiger partial charge is 0.257 e. The second-order valence-electron chi connectivity index (χ2n) is 9.44. The molecule has 1 aromatic rings. The fourth-order valence-corrected chi connectivity index (χ4v) is 5.93. The molecule has 0 aromatic heterocycles. The van der Waals surface area contributed by atoms with Gasteiger partial charge in [-0.15, -0.1) is 0 Å². The summed E-state index contributed by atoms with van der Waals surface area (Å²) in [6.07, 6.45) is 10.1. The Morgan fingerprint density at radius 2 is 1.63 bits per heavy atom. The zero-order chi connectivity index (χ0) is 20.7. The van der Waals surface area contributed by atoms with Crippen LogP contribution < -0.4 is 4.90 Å². The fourth-order valence-electron chi connectivity index (χ4n) is 5.93. The van der Waals surface area contributed by atoms with Crippen molar-refractivity contribution in [3.8, 4) is 0 Å². The van der Waals surface area contributed by atoms with Crippen LogP contribution in [0.2, 0.25) is 0 Å². The molecule has 30 heavy (non-hydrogen) atoms. The number of benzene rings is 1. The van der Waals surface area contributed by atoms with Crippen LogP contribution in [0.15, 0.2) is 18.2 Å². The van der Waals surface area contributed by atoms with Crippen molar-refractivity contribution in [3.05, 3.63) is 29.3 Å². The van der Waals surface area contributed by atoms with E-state index in [1.807, 2.05) is 28.0 Å². The standard InChI is InChI=1S/C24H34N4O2/c1-25-21-17-18(10-11-20(21)24(30)28-12-6-5-9-22(25)28)23(29)27-15-13-26(14-16-27)19-7-3-2-4-8-19/h10-11,17,19,22H,2-9,12-16H2,1H3/t22-/m1/s1. The summed E-state index contributed by atoms with van der Waals surface area (Å²) < 4.78 is 0. The van der Waals surface area contributed by atoms with Crippen molar-refractivity contribution < 1.29 is 9.59 Å². The Hall–Kier alpha value is -2.08. The monoisotopic (exact) mass is 410 g/mol. The summed E-state index contributed by atoms with van der Waals surface area (Å²) in [6, 6.07) is 6.39. The summed E-state index contributed by atoms with van der Waals surface area (Å²) in [4.78, 5) is 35.0. The van der Waals surface area contributed by atoms with Gasteiger partial charge in [-0.25, -0.2) is 0 Å². The van der Waals surface area contributed by atoms with Gasteiger partial charge in [-0.2, -0.15) is 0 Å². The van der Waals surface area contributed by atoms with Gasteiger partial charge in [-0.1, -0.05) is 19.3 Å². The third kappa shape index (κ3) is 3.49. The molecule has 1 atom stereocenters. The van der Waals surface area contributed by atoms with Crippen LogP contribution >= 0.6 is 0 Å². The maximum absolute atomic E-state index is 13.2. The Morgan fingerprint density at radius 1 is 0.900 bits per heavy atom. The Bertz CT molecular complexity index is 811. The first kappa shape index (κ1) is 19.9. The van der Waals surface area contributed by atoms with Gasteiger partial charge in [0.05, 0.1) is 11.3 Å². The van der Waals surface area contributed by atoms with E-state index >= 15 is 0 Å². The lowest BCUT2D eigenvalue weighted by Gasteiger charge is -2.46. The van der Waals surface area contributed by atoms with Gasteiger partial charge in [0.2, 0.25) is 0 Å². The highest BCUT2D eigenvalue weighted by atomic mass is 16.2. The summed E-state index contributed by atoms with van der Waals surface area (Å²) >= 11 is 0. The molecule has 3 fully saturated rings. The number of anilines is 1. The van der Waals surface area contributed by atoms with Gasteiger partial charge in [0.1, 0.15) is 6.17 Å². The molecule has 3 heterocycles. The van der Waals surface area contributed by atoms with Crippen LogP contribution in [-0.4, -0.2) is 78.5 Å². The predicted octanol–water partition coefficient (Wildman–Crippen LogP) is 3.18. The molecule has 1 aromatic carbocycles. The largest absolute Gasteiger partial charge is 0.354 e. The van der Waals surface area contributed by atoms with Crippen LogP contribution in [0.25, 0.3) is 0 Å². The lowest BCUT2D eigenvalue weighted by atomic mass is 9.93. The number of hydrogen-bond acceptors (Lipinski definition) is 4. The highest BCUT2D eigenvalue weighted by Gasteiger charge is 2.37. The fraction of sp³-hybridized carbons (Fsp3) is 0.667. The van der Waals surface area contributed by atoms with E-state index in [-0.39, 0.29) is 18.0 Å². The average molecular weight is 411 g/mol. The first-order valence-corrected chi connectivity index (χ1v) is 11.8.